The van der Waals surface area contributed by atoms with Crippen molar-refractivity contribution < 1.29 is 0 Å². The fourth-order valence-corrected chi connectivity index (χ4v) is 2.90. The fourth-order valence-electron chi connectivity index (χ4n) is 2.90. The number of benzene rings is 2. The third-order valence-electron chi connectivity index (χ3n) is 4.24. The van der Waals surface area contributed by atoms with E-state index in [9.17, 15) is 0 Å². The highest BCUT2D eigenvalue weighted by Gasteiger charge is 2.05. The highest BCUT2D eigenvalue weighted by atomic mass is 15.1. The zero-order valence-corrected chi connectivity index (χ0v) is 15.9. The summed E-state index contributed by atoms with van der Waals surface area (Å²) in [5.74, 6) is 1.65. The molecule has 3 aromatic rings. The van der Waals surface area contributed by atoms with Gasteiger partial charge in [-0.25, -0.2) is 9.97 Å². The van der Waals surface area contributed by atoms with Crippen LogP contribution < -0.4 is 10.6 Å². The number of nitrogens with one attached hydrogen (secondary N) is 2. The Morgan fingerprint density at radius 1 is 0.808 bits per heavy atom. The average molecular weight is 346 g/mol. The van der Waals surface area contributed by atoms with E-state index in [-0.39, 0.29) is 0 Å². The summed E-state index contributed by atoms with van der Waals surface area (Å²) in [6.45, 7) is 9.76. The van der Waals surface area contributed by atoms with E-state index in [1.807, 2.05) is 13.1 Å². The summed E-state index contributed by atoms with van der Waals surface area (Å²) in [5.41, 5.74) is 7.10. The lowest BCUT2D eigenvalue weighted by molar-refractivity contribution is 0.662. The predicted molar refractivity (Wildman–Crippen MR) is 108 cm³/mol. The number of anilines is 2. The Morgan fingerprint density at radius 2 is 1.50 bits per heavy atom. The maximum Gasteiger partial charge on any atom is 0.144 e. The number of hydrogen-bond donors (Lipinski definition) is 2. The number of aryl methyl sites for hydroxylation is 4. The van der Waals surface area contributed by atoms with Crippen LogP contribution >= 0.6 is 0 Å². The summed E-state index contributed by atoms with van der Waals surface area (Å²) in [6, 6.07) is 15.0. The van der Waals surface area contributed by atoms with Gasteiger partial charge < -0.3 is 10.6 Å². The SMILES string of the molecule is Cc1ccc(CNCc2ncc(C)c(Nc3cc(C)cc(C)c3)n2)cc1. The van der Waals surface area contributed by atoms with Crippen LogP contribution in [-0.4, -0.2) is 9.97 Å². The molecule has 2 aromatic carbocycles. The van der Waals surface area contributed by atoms with Crippen LogP contribution in [0.1, 0.15) is 33.6 Å². The van der Waals surface area contributed by atoms with Crippen LogP contribution in [-0.2, 0) is 13.1 Å². The second kappa shape index (κ2) is 8.11. The molecule has 3 rings (SSSR count). The Hall–Kier alpha value is -2.72. The average Bonchev–Trinajstić information content (AvgIpc) is 2.58. The number of aromatic nitrogens is 2. The lowest BCUT2D eigenvalue weighted by Crippen LogP contribution is -2.15. The lowest BCUT2D eigenvalue weighted by Gasteiger charge is -2.12. The van der Waals surface area contributed by atoms with Gasteiger partial charge >= 0.3 is 0 Å². The third kappa shape index (κ3) is 4.90. The van der Waals surface area contributed by atoms with Gasteiger partial charge in [-0.3, -0.25) is 0 Å². The Morgan fingerprint density at radius 3 is 2.19 bits per heavy atom. The highest BCUT2D eigenvalue weighted by molar-refractivity contribution is 5.60. The summed E-state index contributed by atoms with van der Waals surface area (Å²) in [6.07, 6.45) is 1.88. The maximum absolute atomic E-state index is 4.69. The van der Waals surface area contributed by atoms with Gasteiger partial charge in [-0.1, -0.05) is 35.9 Å². The molecule has 0 spiro atoms. The van der Waals surface area contributed by atoms with E-state index in [0.717, 1.165) is 29.4 Å². The van der Waals surface area contributed by atoms with E-state index < -0.39 is 0 Å². The molecule has 0 bridgehead atoms. The van der Waals surface area contributed by atoms with Crippen molar-refractivity contribution in [2.75, 3.05) is 5.32 Å². The summed E-state index contributed by atoms with van der Waals surface area (Å²) in [5, 5.41) is 6.84. The Labute approximate surface area is 155 Å². The van der Waals surface area contributed by atoms with Crippen molar-refractivity contribution in [3.8, 4) is 0 Å². The van der Waals surface area contributed by atoms with Crippen molar-refractivity contribution in [2.45, 2.75) is 40.8 Å². The molecule has 134 valence electrons. The topological polar surface area (TPSA) is 49.8 Å². The van der Waals surface area contributed by atoms with Crippen LogP contribution in [0.25, 0.3) is 0 Å². The minimum Gasteiger partial charge on any atom is -0.340 e. The lowest BCUT2D eigenvalue weighted by atomic mass is 10.1. The fraction of sp³-hybridized carbons (Fsp3) is 0.273. The molecule has 4 heteroatoms. The molecule has 0 fully saturated rings. The second-order valence-electron chi connectivity index (χ2n) is 6.91. The van der Waals surface area contributed by atoms with E-state index in [1.54, 1.807) is 0 Å². The Bertz CT molecular complexity index is 865. The molecule has 26 heavy (non-hydrogen) atoms. The quantitative estimate of drug-likeness (QED) is 0.676. The van der Waals surface area contributed by atoms with Crippen molar-refractivity contribution in [2.24, 2.45) is 0 Å². The van der Waals surface area contributed by atoms with E-state index in [2.05, 4.69) is 83.8 Å². The van der Waals surface area contributed by atoms with Crippen molar-refractivity contribution in [3.05, 3.63) is 82.3 Å². The molecule has 0 radical (unpaired) electrons. The molecule has 0 unspecified atom stereocenters. The van der Waals surface area contributed by atoms with E-state index >= 15 is 0 Å². The van der Waals surface area contributed by atoms with Gasteiger partial charge in [0.25, 0.3) is 0 Å². The van der Waals surface area contributed by atoms with Gasteiger partial charge in [0.2, 0.25) is 0 Å². The number of rotatable bonds is 6. The molecule has 0 saturated heterocycles. The van der Waals surface area contributed by atoms with Gasteiger partial charge in [0.1, 0.15) is 11.6 Å². The summed E-state index contributed by atoms with van der Waals surface area (Å²) < 4.78 is 0. The van der Waals surface area contributed by atoms with Crippen LogP contribution in [0.15, 0.2) is 48.7 Å². The Kier molecular flexibility index (Phi) is 5.64. The van der Waals surface area contributed by atoms with Crippen molar-refractivity contribution >= 4 is 11.5 Å². The van der Waals surface area contributed by atoms with Crippen molar-refractivity contribution in [1.29, 1.82) is 0 Å². The van der Waals surface area contributed by atoms with E-state index in [1.165, 1.54) is 22.3 Å². The smallest absolute Gasteiger partial charge is 0.144 e. The minimum atomic E-state index is 0.635. The second-order valence-corrected chi connectivity index (χ2v) is 6.91. The van der Waals surface area contributed by atoms with Crippen molar-refractivity contribution in [1.82, 2.24) is 15.3 Å². The monoisotopic (exact) mass is 346 g/mol. The number of hydrogen-bond acceptors (Lipinski definition) is 4. The van der Waals surface area contributed by atoms with E-state index in [4.69, 9.17) is 0 Å². The van der Waals surface area contributed by atoms with Gasteiger partial charge in [0.15, 0.2) is 0 Å². The zero-order chi connectivity index (χ0) is 18.5. The van der Waals surface area contributed by atoms with Gasteiger partial charge in [0, 0.05) is 24.0 Å². The first-order chi connectivity index (χ1) is 12.5. The molecular weight excluding hydrogens is 320 g/mol. The molecule has 1 heterocycles. The van der Waals surface area contributed by atoms with Gasteiger partial charge in [0.05, 0.1) is 6.54 Å². The molecule has 1 aromatic heterocycles. The molecule has 2 N–H and O–H groups in total. The molecule has 0 aliphatic heterocycles. The van der Waals surface area contributed by atoms with Crippen LogP contribution in [0.4, 0.5) is 11.5 Å². The molecule has 0 aliphatic rings. The molecule has 0 saturated carbocycles. The highest BCUT2D eigenvalue weighted by Crippen LogP contribution is 2.20. The maximum atomic E-state index is 4.69. The molecular formula is C22H26N4. The zero-order valence-electron chi connectivity index (χ0n) is 15.9. The Balaban J connectivity index is 1.66. The largest absolute Gasteiger partial charge is 0.340 e. The number of nitrogens with zero attached hydrogens (tertiary/aromatic N) is 2. The predicted octanol–water partition coefficient (Wildman–Crippen LogP) is 4.74. The third-order valence-corrected chi connectivity index (χ3v) is 4.24. The van der Waals surface area contributed by atoms with Gasteiger partial charge in [-0.15, -0.1) is 0 Å². The first-order valence-electron chi connectivity index (χ1n) is 8.94. The van der Waals surface area contributed by atoms with Crippen LogP contribution in [0.3, 0.4) is 0 Å². The molecule has 0 amide bonds. The first kappa shape index (κ1) is 18.1. The first-order valence-corrected chi connectivity index (χ1v) is 8.94. The van der Waals surface area contributed by atoms with Crippen LogP contribution in [0.5, 0.6) is 0 Å². The molecule has 0 aliphatic carbocycles. The van der Waals surface area contributed by atoms with Crippen molar-refractivity contribution in [3.63, 3.8) is 0 Å². The molecule has 0 atom stereocenters. The van der Waals surface area contributed by atoms with Crippen LogP contribution in [0.2, 0.25) is 0 Å². The molecule has 4 nitrogen and oxygen atoms in total. The summed E-state index contributed by atoms with van der Waals surface area (Å²) in [4.78, 5) is 9.13. The van der Waals surface area contributed by atoms with Gasteiger partial charge in [-0.2, -0.15) is 0 Å². The summed E-state index contributed by atoms with van der Waals surface area (Å²) >= 11 is 0. The van der Waals surface area contributed by atoms with E-state index in [0.29, 0.717) is 6.54 Å². The summed E-state index contributed by atoms with van der Waals surface area (Å²) in [7, 11) is 0. The normalized spacial score (nSPS) is 10.8. The standard InChI is InChI=1S/C22H26N4/c1-15-5-7-19(8-6-15)13-23-14-21-24-12-18(4)22(26-21)25-20-10-16(2)9-17(3)11-20/h5-12,23H,13-14H2,1-4H3,(H,24,25,26). The van der Waals surface area contributed by atoms with Gasteiger partial charge in [-0.05, 0) is 56.5 Å². The van der Waals surface area contributed by atoms with Crippen LogP contribution in [0, 0.1) is 27.7 Å². The minimum absolute atomic E-state index is 0.635.